The fourth-order valence-electron chi connectivity index (χ4n) is 3.75. The molecular weight excluding hydrogens is 325 g/mol. The second-order valence-corrected chi connectivity index (χ2v) is 7.06. The molecule has 2 aliphatic heterocycles. The van der Waals surface area contributed by atoms with Crippen molar-refractivity contribution < 1.29 is 14.1 Å². The molecule has 1 aromatic rings. The lowest BCUT2D eigenvalue weighted by Crippen LogP contribution is -2.42. The summed E-state index contributed by atoms with van der Waals surface area (Å²) in [5.74, 6) is 0.0444. The van der Waals surface area contributed by atoms with Gasteiger partial charge in [-0.25, -0.2) is 0 Å². The first-order valence-electron chi connectivity index (χ1n) is 8.96. The van der Waals surface area contributed by atoms with Crippen LogP contribution in [-0.4, -0.2) is 46.8 Å². The third-order valence-corrected chi connectivity index (χ3v) is 5.22. The first-order valence-corrected chi connectivity index (χ1v) is 8.96. The number of nitrogens with zero attached hydrogens (tertiary/aromatic N) is 3. The molecule has 7 heteroatoms. The molecule has 0 radical (unpaired) electrons. The Bertz CT molecular complexity index is 644. The normalized spacial score (nSPS) is 20.0. The zero-order valence-corrected chi connectivity index (χ0v) is 14.3. The number of halogens is 1. The van der Waals surface area contributed by atoms with Crippen LogP contribution < -0.4 is 0 Å². The number of piperidine rings is 2. The number of carbonyl (C=O) groups is 1. The van der Waals surface area contributed by atoms with Crippen molar-refractivity contribution in [3.63, 3.8) is 0 Å². The van der Waals surface area contributed by atoms with Gasteiger partial charge in [-0.05, 0) is 56.3 Å². The van der Waals surface area contributed by atoms with Crippen LogP contribution in [0.5, 0.6) is 0 Å². The number of nitro groups is 1. The van der Waals surface area contributed by atoms with Crippen molar-refractivity contribution in [3.8, 4) is 0 Å². The van der Waals surface area contributed by atoms with E-state index in [1.54, 1.807) is 6.07 Å². The van der Waals surface area contributed by atoms with Crippen LogP contribution in [0, 0.1) is 21.8 Å². The van der Waals surface area contributed by atoms with Gasteiger partial charge < -0.3 is 4.90 Å². The third-order valence-electron chi connectivity index (χ3n) is 5.22. The Morgan fingerprint density at radius 1 is 1.20 bits per heavy atom. The number of hydrogen-bond donors (Lipinski definition) is 0. The summed E-state index contributed by atoms with van der Waals surface area (Å²) in [6, 6.07) is 4.12. The second-order valence-electron chi connectivity index (χ2n) is 7.06. The molecule has 0 unspecified atom stereocenters. The van der Waals surface area contributed by atoms with Crippen LogP contribution in [0.2, 0.25) is 0 Å². The van der Waals surface area contributed by atoms with Gasteiger partial charge in [-0.3, -0.25) is 19.8 Å². The van der Waals surface area contributed by atoms with E-state index in [9.17, 15) is 19.3 Å². The highest BCUT2D eigenvalue weighted by molar-refractivity contribution is 5.76. The Labute approximate surface area is 146 Å². The molecular formula is C18H24FN3O3. The van der Waals surface area contributed by atoms with Crippen molar-refractivity contribution in [2.75, 3.05) is 26.2 Å². The van der Waals surface area contributed by atoms with Crippen LogP contribution in [0.15, 0.2) is 18.2 Å². The van der Waals surface area contributed by atoms with E-state index < -0.39 is 16.4 Å². The van der Waals surface area contributed by atoms with E-state index in [4.69, 9.17) is 0 Å². The molecule has 3 rings (SSSR count). The molecule has 6 nitrogen and oxygen atoms in total. The maximum atomic E-state index is 13.7. The average Bonchev–Trinajstić information content (AvgIpc) is 2.58. The lowest BCUT2D eigenvalue weighted by atomic mass is 9.95. The van der Waals surface area contributed by atoms with Crippen LogP contribution >= 0.6 is 0 Å². The average molecular weight is 349 g/mol. The fraction of sp³-hybridized carbons (Fsp3) is 0.611. The molecule has 0 spiro atoms. The van der Waals surface area contributed by atoms with Crippen molar-refractivity contribution in [2.45, 2.75) is 38.6 Å². The van der Waals surface area contributed by atoms with Gasteiger partial charge in [0.15, 0.2) is 0 Å². The number of likely N-dealkylation sites (tertiary alicyclic amines) is 2. The lowest BCUT2D eigenvalue weighted by Gasteiger charge is -2.36. The summed E-state index contributed by atoms with van der Waals surface area (Å²) >= 11 is 0. The molecule has 0 aromatic heterocycles. The maximum absolute atomic E-state index is 13.7. The highest BCUT2D eigenvalue weighted by atomic mass is 19.1. The Morgan fingerprint density at radius 3 is 2.60 bits per heavy atom. The van der Waals surface area contributed by atoms with Crippen molar-refractivity contribution in [1.29, 1.82) is 0 Å². The van der Waals surface area contributed by atoms with Gasteiger partial charge in [-0.1, -0.05) is 6.07 Å². The number of benzene rings is 1. The number of hydrogen-bond acceptors (Lipinski definition) is 4. The third kappa shape index (κ3) is 4.54. The van der Waals surface area contributed by atoms with E-state index in [0.29, 0.717) is 18.9 Å². The summed E-state index contributed by atoms with van der Waals surface area (Å²) in [6.45, 7) is 4.17. The minimum atomic E-state index is -0.777. The van der Waals surface area contributed by atoms with Crippen LogP contribution in [0.25, 0.3) is 0 Å². The summed E-state index contributed by atoms with van der Waals surface area (Å²) in [4.78, 5) is 26.1. The second kappa shape index (κ2) is 7.91. The lowest BCUT2D eigenvalue weighted by molar-refractivity contribution is -0.387. The Morgan fingerprint density at radius 2 is 1.96 bits per heavy atom. The molecule has 25 heavy (non-hydrogen) atoms. The van der Waals surface area contributed by atoms with Gasteiger partial charge >= 0.3 is 5.69 Å². The van der Waals surface area contributed by atoms with Gasteiger partial charge in [-0.2, -0.15) is 4.39 Å². The van der Waals surface area contributed by atoms with Crippen LogP contribution in [0.1, 0.15) is 37.7 Å². The molecule has 136 valence electrons. The van der Waals surface area contributed by atoms with Gasteiger partial charge in [-0.15, -0.1) is 0 Å². The summed E-state index contributed by atoms with van der Waals surface area (Å²) in [6.07, 6.45) is 4.86. The van der Waals surface area contributed by atoms with Gasteiger partial charge in [0.2, 0.25) is 11.7 Å². The number of amides is 1. The van der Waals surface area contributed by atoms with Crippen LogP contribution in [0.4, 0.5) is 10.1 Å². The molecule has 0 aliphatic carbocycles. The van der Waals surface area contributed by atoms with Crippen molar-refractivity contribution >= 4 is 11.6 Å². The maximum Gasteiger partial charge on any atom is 0.304 e. The van der Waals surface area contributed by atoms with Crippen molar-refractivity contribution in [3.05, 3.63) is 39.7 Å². The largest absolute Gasteiger partial charge is 0.342 e. The van der Waals surface area contributed by atoms with E-state index in [0.717, 1.165) is 57.4 Å². The molecule has 2 aliphatic rings. The highest BCUT2D eigenvalue weighted by Crippen LogP contribution is 2.24. The van der Waals surface area contributed by atoms with Gasteiger partial charge in [0.05, 0.1) is 4.92 Å². The first-order chi connectivity index (χ1) is 12.0. The Hall–Kier alpha value is -2.02. The van der Waals surface area contributed by atoms with Crippen molar-refractivity contribution in [2.24, 2.45) is 5.92 Å². The zero-order chi connectivity index (χ0) is 17.8. The molecule has 2 saturated heterocycles. The van der Waals surface area contributed by atoms with E-state index in [2.05, 4.69) is 4.90 Å². The van der Waals surface area contributed by atoms with Crippen LogP contribution in [0.3, 0.4) is 0 Å². The molecule has 2 heterocycles. The molecule has 0 atom stereocenters. The van der Waals surface area contributed by atoms with Crippen LogP contribution in [-0.2, 0) is 11.3 Å². The summed E-state index contributed by atoms with van der Waals surface area (Å²) in [5.41, 5.74) is 0.279. The monoisotopic (exact) mass is 349 g/mol. The highest BCUT2D eigenvalue weighted by Gasteiger charge is 2.25. The molecule has 0 bridgehead atoms. The summed E-state index contributed by atoms with van der Waals surface area (Å²) in [5, 5.41) is 10.7. The number of nitro benzene ring substituents is 1. The smallest absolute Gasteiger partial charge is 0.304 e. The molecule has 1 aromatic carbocycles. The van der Waals surface area contributed by atoms with Crippen molar-refractivity contribution in [1.82, 2.24) is 9.80 Å². The van der Waals surface area contributed by atoms with E-state index in [-0.39, 0.29) is 5.91 Å². The fourth-order valence-corrected chi connectivity index (χ4v) is 3.75. The predicted molar refractivity (Wildman–Crippen MR) is 91.5 cm³/mol. The van der Waals surface area contributed by atoms with E-state index >= 15 is 0 Å². The van der Waals surface area contributed by atoms with Gasteiger partial charge in [0.25, 0.3) is 0 Å². The summed E-state index contributed by atoms with van der Waals surface area (Å²) < 4.78 is 13.7. The molecule has 0 saturated carbocycles. The Balaban J connectivity index is 1.48. The SMILES string of the molecule is O=C1CCCCN1CC1CCN(Cc2ccc([N+](=O)[O-])c(F)c2)CC1. The number of carbonyl (C=O) groups excluding carboxylic acids is 1. The minimum Gasteiger partial charge on any atom is -0.342 e. The topological polar surface area (TPSA) is 66.7 Å². The van der Waals surface area contributed by atoms with E-state index in [1.807, 2.05) is 4.90 Å². The van der Waals surface area contributed by atoms with E-state index in [1.165, 1.54) is 12.1 Å². The number of rotatable bonds is 5. The first kappa shape index (κ1) is 17.8. The minimum absolute atomic E-state index is 0.287. The Kier molecular flexibility index (Phi) is 5.63. The molecule has 1 amide bonds. The van der Waals surface area contributed by atoms with Gasteiger partial charge in [0, 0.05) is 32.1 Å². The molecule has 2 fully saturated rings. The quantitative estimate of drug-likeness (QED) is 0.605. The predicted octanol–water partition coefficient (Wildman–Crippen LogP) is 2.96. The standard InChI is InChI=1S/C18H24FN3O3/c19-16-11-15(4-5-17(16)22(24)25)12-20-9-6-14(7-10-20)13-21-8-2-1-3-18(21)23/h4-5,11,14H,1-3,6-10,12-13H2. The zero-order valence-electron chi connectivity index (χ0n) is 14.3. The molecule has 0 N–H and O–H groups in total. The van der Waals surface area contributed by atoms with Gasteiger partial charge in [0.1, 0.15) is 0 Å². The summed E-state index contributed by atoms with van der Waals surface area (Å²) in [7, 11) is 0.